The number of aryl methyl sites for hydroxylation is 1. The van der Waals surface area contributed by atoms with Gasteiger partial charge in [-0.05, 0) is 32.0 Å². The van der Waals surface area contributed by atoms with E-state index in [1.165, 1.54) is 7.11 Å². The molecule has 9 heteroatoms. The SMILES string of the molecule is CCS(=O)(=O)Nc1cc(-c2cccnc2OC)cn2c(C)nnc12. The number of ether oxygens (including phenoxy) is 1. The summed E-state index contributed by atoms with van der Waals surface area (Å²) in [5, 5.41) is 8.07. The summed E-state index contributed by atoms with van der Waals surface area (Å²) in [6.45, 7) is 3.37. The minimum absolute atomic E-state index is 0.0350. The predicted octanol–water partition coefficient (Wildman–Crippen LogP) is 1.87. The van der Waals surface area contributed by atoms with E-state index in [2.05, 4.69) is 19.9 Å². The summed E-state index contributed by atoms with van der Waals surface area (Å²) in [4.78, 5) is 4.18. The molecule has 3 heterocycles. The molecule has 126 valence electrons. The molecule has 8 nitrogen and oxygen atoms in total. The van der Waals surface area contributed by atoms with Crippen LogP contribution in [0.5, 0.6) is 5.88 Å². The molecule has 0 aliphatic heterocycles. The van der Waals surface area contributed by atoms with Crippen LogP contribution in [0.25, 0.3) is 16.8 Å². The minimum atomic E-state index is -3.45. The number of pyridine rings is 2. The molecule has 3 rings (SSSR count). The van der Waals surface area contributed by atoms with Gasteiger partial charge in [0.05, 0.1) is 18.6 Å². The van der Waals surface area contributed by atoms with Gasteiger partial charge in [0.15, 0.2) is 5.65 Å². The molecule has 0 aliphatic carbocycles. The number of methoxy groups -OCH3 is 1. The average Bonchev–Trinajstić information content (AvgIpc) is 2.96. The summed E-state index contributed by atoms with van der Waals surface area (Å²) in [5.74, 6) is 1.06. The predicted molar refractivity (Wildman–Crippen MR) is 90.6 cm³/mol. The smallest absolute Gasteiger partial charge is 0.232 e. The van der Waals surface area contributed by atoms with Crippen molar-refractivity contribution < 1.29 is 13.2 Å². The van der Waals surface area contributed by atoms with Crippen LogP contribution in [-0.4, -0.2) is 40.9 Å². The van der Waals surface area contributed by atoms with Crippen LogP contribution in [0.15, 0.2) is 30.6 Å². The lowest BCUT2D eigenvalue weighted by molar-refractivity contribution is 0.399. The Bertz CT molecular complexity index is 998. The van der Waals surface area contributed by atoms with Crippen LogP contribution in [0.2, 0.25) is 0 Å². The van der Waals surface area contributed by atoms with E-state index in [-0.39, 0.29) is 5.75 Å². The quantitative estimate of drug-likeness (QED) is 0.756. The van der Waals surface area contributed by atoms with E-state index in [0.717, 1.165) is 11.1 Å². The van der Waals surface area contributed by atoms with Crippen molar-refractivity contribution in [2.75, 3.05) is 17.6 Å². The summed E-state index contributed by atoms with van der Waals surface area (Å²) < 4.78 is 33.6. The Hall–Kier alpha value is -2.68. The summed E-state index contributed by atoms with van der Waals surface area (Å²) in [5.41, 5.74) is 2.29. The molecule has 0 saturated carbocycles. The lowest BCUT2D eigenvalue weighted by atomic mass is 10.1. The van der Waals surface area contributed by atoms with Gasteiger partial charge in [-0.25, -0.2) is 13.4 Å². The standard InChI is InChI=1S/C15H17N5O3S/c1-4-24(21,22)19-13-8-11(9-20-10(2)17-18-14(13)20)12-6-5-7-16-15(12)23-3/h5-9,19H,4H2,1-3H3. The van der Waals surface area contributed by atoms with Crippen LogP contribution in [0, 0.1) is 6.92 Å². The van der Waals surface area contributed by atoms with Gasteiger partial charge in [-0.3, -0.25) is 9.12 Å². The Morgan fingerprint density at radius 2 is 2.12 bits per heavy atom. The molecule has 1 N–H and O–H groups in total. The molecular weight excluding hydrogens is 330 g/mol. The highest BCUT2D eigenvalue weighted by Crippen LogP contribution is 2.31. The lowest BCUT2D eigenvalue weighted by Gasteiger charge is -2.12. The fourth-order valence-corrected chi connectivity index (χ4v) is 2.97. The van der Waals surface area contributed by atoms with Crippen molar-refractivity contribution in [3.05, 3.63) is 36.4 Å². The second-order valence-electron chi connectivity index (χ2n) is 5.15. The van der Waals surface area contributed by atoms with E-state index in [0.29, 0.717) is 23.0 Å². The molecule has 3 aromatic heterocycles. The first-order valence-corrected chi connectivity index (χ1v) is 8.95. The van der Waals surface area contributed by atoms with Gasteiger partial charge >= 0.3 is 0 Å². The summed E-state index contributed by atoms with van der Waals surface area (Å²) in [7, 11) is -1.91. The van der Waals surface area contributed by atoms with E-state index >= 15 is 0 Å². The zero-order valence-electron chi connectivity index (χ0n) is 13.5. The maximum atomic E-state index is 12.0. The maximum absolute atomic E-state index is 12.0. The number of fused-ring (bicyclic) bond motifs is 1. The summed E-state index contributed by atoms with van der Waals surface area (Å²) in [6, 6.07) is 5.35. The highest BCUT2D eigenvalue weighted by Gasteiger charge is 2.16. The molecule has 0 bridgehead atoms. The van der Waals surface area contributed by atoms with Crippen molar-refractivity contribution >= 4 is 21.4 Å². The fraction of sp³-hybridized carbons (Fsp3) is 0.267. The van der Waals surface area contributed by atoms with Gasteiger partial charge in [0.25, 0.3) is 0 Å². The van der Waals surface area contributed by atoms with E-state index in [1.807, 2.05) is 12.3 Å². The molecule has 0 radical (unpaired) electrons. The Labute approximate surface area is 139 Å². The van der Waals surface area contributed by atoms with E-state index in [4.69, 9.17) is 4.74 Å². The third kappa shape index (κ3) is 2.90. The van der Waals surface area contributed by atoms with Gasteiger partial charge in [0, 0.05) is 23.5 Å². The molecule has 0 saturated heterocycles. The molecule has 0 spiro atoms. The van der Waals surface area contributed by atoms with Crippen molar-refractivity contribution in [3.8, 4) is 17.0 Å². The first-order valence-electron chi connectivity index (χ1n) is 7.30. The number of hydrogen-bond acceptors (Lipinski definition) is 6. The molecule has 0 unspecified atom stereocenters. The van der Waals surface area contributed by atoms with E-state index in [9.17, 15) is 8.42 Å². The minimum Gasteiger partial charge on any atom is -0.481 e. The second-order valence-corrected chi connectivity index (χ2v) is 7.16. The number of anilines is 1. The van der Waals surface area contributed by atoms with Crippen LogP contribution in [0.4, 0.5) is 5.69 Å². The number of hydrogen-bond donors (Lipinski definition) is 1. The van der Waals surface area contributed by atoms with Crippen LogP contribution in [-0.2, 0) is 10.0 Å². The van der Waals surface area contributed by atoms with Gasteiger partial charge in [-0.15, -0.1) is 10.2 Å². The van der Waals surface area contributed by atoms with Crippen molar-refractivity contribution in [1.82, 2.24) is 19.6 Å². The molecule has 0 aromatic carbocycles. The van der Waals surface area contributed by atoms with Crippen molar-refractivity contribution in [1.29, 1.82) is 0 Å². The van der Waals surface area contributed by atoms with Crippen LogP contribution in [0.3, 0.4) is 0 Å². The lowest BCUT2D eigenvalue weighted by Crippen LogP contribution is -2.15. The van der Waals surface area contributed by atoms with Crippen LogP contribution >= 0.6 is 0 Å². The van der Waals surface area contributed by atoms with Crippen molar-refractivity contribution in [3.63, 3.8) is 0 Å². The van der Waals surface area contributed by atoms with Gasteiger partial charge < -0.3 is 4.74 Å². The normalized spacial score (nSPS) is 11.6. The number of sulfonamides is 1. The first-order chi connectivity index (χ1) is 11.4. The van der Waals surface area contributed by atoms with Crippen molar-refractivity contribution in [2.24, 2.45) is 0 Å². The Morgan fingerprint density at radius 3 is 2.83 bits per heavy atom. The molecule has 24 heavy (non-hydrogen) atoms. The first kappa shape index (κ1) is 16.2. The molecular formula is C15H17N5O3S. The Morgan fingerprint density at radius 1 is 1.33 bits per heavy atom. The Kier molecular flexibility index (Phi) is 4.10. The van der Waals surface area contributed by atoms with Crippen LogP contribution in [0.1, 0.15) is 12.7 Å². The summed E-state index contributed by atoms with van der Waals surface area (Å²) >= 11 is 0. The topological polar surface area (TPSA) is 98.5 Å². The van der Waals surface area contributed by atoms with Crippen molar-refractivity contribution in [2.45, 2.75) is 13.8 Å². The summed E-state index contributed by atoms with van der Waals surface area (Å²) in [6.07, 6.45) is 3.46. The average molecular weight is 347 g/mol. The molecule has 0 amide bonds. The van der Waals surface area contributed by atoms with Gasteiger partial charge in [0.1, 0.15) is 5.82 Å². The highest BCUT2D eigenvalue weighted by atomic mass is 32.2. The fourth-order valence-electron chi connectivity index (χ4n) is 2.34. The third-order valence-corrected chi connectivity index (χ3v) is 4.89. The zero-order chi connectivity index (χ0) is 17.3. The number of rotatable bonds is 5. The van der Waals surface area contributed by atoms with Gasteiger partial charge in [0.2, 0.25) is 15.9 Å². The molecule has 0 aliphatic rings. The maximum Gasteiger partial charge on any atom is 0.232 e. The zero-order valence-corrected chi connectivity index (χ0v) is 14.3. The molecule has 0 atom stereocenters. The largest absolute Gasteiger partial charge is 0.481 e. The molecule has 0 fully saturated rings. The van der Waals surface area contributed by atoms with Gasteiger partial charge in [-0.2, -0.15) is 0 Å². The molecule has 3 aromatic rings. The highest BCUT2D eigenvalue weighted by molar-refractivity contribution is 7.92. The number of nitrogens with zero attached hydrogens (tertiary/aromatic N) is 4. The van der Waals surface area contributed by atoms with Crippen LogP contribution < -0.4 is 9.46 Å². The number of aromatic nitrogens is 4. The van der Waals surface area contributed by atoms with E-state index in [1.54, 1.807) is 36.6 Å². The second kappa shape index (κ2) is 6.08. The van der Waals surface area contributed by atoms with E-state index < -0.39 is 10.0 Å². The third-order valence-electron chi connectivity index (χ3n) is 3.60. The number of nitrogens with one attached hydrogen (secondary N) is 1. The monoisotopic (exact) mass is 347 g/mol. The van der Waals surface area contributed by atoms with Gasteiger partial charge in [-0.1, -0.05) is 0 Å². The Balaban J connectivity index is 2.25.